The van der Waals surface area contributed by atoms with E-state index in [0.717, 1.165) is 22.5 Å². The quantitative estimate of drug-likeness (QED) is 0.568. The van der Waals surface area contributed by atoms with E-state index in [2.05, 4.69) is 10.4 Å². The van der Waals surface area contributed by atoms with Crippen molar-refractivity contribution in [2.75, 3.05) is 24.8 Å². The molecule has 2 aromatic carbocycles. The molecule has 0 unspecified atom stereocenters. The number of carbonyl (C=O) groups is 2. The Morgan fingerprint density at radius 3 is 2.84 bits per heavy atom. The van der Waals surface area contributed by atoms with E-state index in [4.69, 9.17) is 26.8 Å². The zero-order chi connectivity index (χ0) is 22.8. The maximum absolute atomic E-state index is 12.5. The molecular formula is C22H21ClN4O4S. The summed E-state index contributed by atoms with van der Waals surface area (Å²) in [6.45, 7) is 1.66. The van der Waals surface area contributed by atoms with Gasteiger partial charge in [-0.15, -0.1) is 11.8 Å². The van der Waals surface area contributed by atoms with Gasteiger partial charge in [0.05, 0.1) is 29.5 Å². The molecule has 2 heterocycles. The molecule has 1 aliphatic rings. The minimum absolute atomic E-state index is 0.115. The van der Waals surface area contributed by atoms with Crippen LogP contribution >= 0.6 is 23.4 Å². The predicted octanol–water partition coefficient (Wildman–Crippen LogP) is 3.48. The fraction of sp³-hybridized carbons (Fsp3) is 0.227. The van der Waals surface area contributed by atoms with Crippen LogP contribution in [-0.2, 0) is 9.59 Å². The van der Waals surface area contributed by atoms with E-state index < -0.39 is 5.91 Å². The first kappa shape index (κ1) is 22.0. The predicted molar refractivity (Wildman–Crippen MR) is 124 cm³/mol. The standard InChI is InChI=1S/C22H21ClN4O4S/c1-12-20-21(13-6-7-16(17(8-13)30-2)31-10-18(24)28)32-11-19(29)25-22(20)27(26-12)15-5-3-4-14(23)9-15/h3-9,21H,10-11H2,1-2H3,(H2,24,28)(H,25,29)/t21-/m1/s1. The molecule has 0 radical (unpaired) electrons. The number of nitrogens with two attached hydrogens (primary N) is 1. The Bertz CT molecular complexity index is 1200. The van der Waals surface area contributed by atoms with Crippen LogP contribution in [-0.4, -0.2) is 41.1 Å². The number of anilines is 1. The number of nitrogens with zero attached hydrogens (tertiary/aromatic N) is 2. The number of rotatable bonds is 6. The molecule has 166 valence electrons. The number of amides is 2. The highest BCUT2D eigenvalue weighted by molar-refractivity contribution is 8.00. The number of benzene rings is 2. The van der Waals surface area contributed by atoms with Gasteiger partial charge in [-0.1, -0.05) is 23.7 Å². The monoisotopic (exact) mass is 472 g/mol. The molecule has 1 aromatic heterocycles. The molecule has 0 fully saturated rings. The molecule has 0 aliphatic carbocycles. The Morgan fingerprint density at radius 1 is 1.31 bits per heavy atom. The first-order valence-electron chi connectivity index (χ1n) is 9.73. The molecule has 8 nitrogen and oxygen atoms in total. The lowest BCUT2D eigenvalue weighted by molar-refractivity contribution is -0.120. The molecule has 3 N–H and O–H groups in total. The van der Waals surface area contributed by atoms with Crippen LogP contribution in [0.4, 0.5) is 5.82 Å². The van der Waals surface area contributed by atoms with Gasteiger partial charge in [-0.25, -0.2) is 4.68 Å². The third-order valence-electron chi connectivity index (χ3n) is 4.92. The summed E-state index contributed by atoms with van der Waals surface area (Å²) in [4.78, 5) is 23.6. The molecule has 1 atom stereocenters. The van der Waals surface area contributed by atoms with Crippen LogP contribution in [0.15, 0.2) is 42.5 Å². The normalized spacial score (nSPS) is 15.5. The number of nitrogens with one attached hydrogen (secondary N) is 1. The van der Waals surface area contributed by atoms with Crippen molar-refractivity contribution in [1.29, 1.82) is 0 Å². The van der Waals surface area contributed by atoms with E-state index in [1.54, 1.807) is 22.9 Å². The minimum Gasteiger partial charge on any atom is -0.493 e. The van der Waals surface area contributed by atoms with Gasteiger partial charge in [0.25, 0.3) is 5.91 Å². The third kappa shape index (κ3) is 4.39. The van der Waals surface area contributed by atoms with Gasteiger partial charge in [-0.2, -0.15) is 5.10 Å². The van der Waals surface area contributed by atoms with Crippen LogP contribution < -0.4 is 20.5 Å². The van der Waals surface area contributed by atoms with Gasteiger partial charge >= 0.3 is 0 Å². The maximum atomic E-state index is 12.5. The van der Waals surface area contributed by atoms with E-state index in [1.165, 1.54) is 18.9 Å². The van der Waals surface area contributed by atoms with Crippen molar-refractivity contribution in [3.05, 3.63) is 64.3 Å². The highest BCUT2D eigenvalue weighted by Crippen LogP contribution is 2.45. The van der Waals surface area contributed by atoms with Crippen molar-refractivity contribution < 1.29 is 19.1 Å². The summed E-state index contributed by atoms with van der Waals surface area (Å²) >= 11 is 7.67. The van der Waals surface area contributed by atoms with Crippen molar-refractivity contribution in [3.63, 3.8) is 0 Å². The molecule has 3 aromatic rings. The van der Waals surface area contributed by atoms with Gasteiger partial charge in [-0.05, 0) is 42.8 Å². The van der Waals surface area contributed by atoms with Gasteiger partial charge in [-0.3, -0.25) is 9.59 Å². The summed E-state index contributed by atoms with van der Waals surface area (Å²) in [6, 6.07) is 12.7. The van der Waals surface area contributed by atoms with E-state index in [-0.39, 0.29) is 23.5 Å². The molecule has 4 rings (SSSR count). The van der Waals surface area contributed by atoms with Crippen molar-refractivity contribution >= 4 is 41.0 Å². The fourth-order valence-electron chi connectivity index (χ4n) is 3.56. The number of hydrogen-bond donors (Lipinski definition) is 2. The summed E-state index contributed by atoms with van der Waals surface area (Å²) in [7, 11) is 1.52. The summed E-state index contributed by atoms with van der Waals surface area (Å²) < 4.78 is 12.6. The van der Waals surface area contributed by atoms with E-state index in [9.17, 15) is 9.59 Å². The highest BCUT2D eigenvalue weighted by Gasteiger charge is 2.31. The fourth-order valence-corrected chi connectivity index (χ4v) is 4.92. The number of hydrogen-bond acceptors (Lipinski definition) is 6. The molecule has 10 heteroatoms. The second-order valence-electron chi connectivity index (χ2n) is 7.14. The highest BCUT2D eigenvalue weighted by atomic mass is 35.5. The summed E-state index contributed by atoms with van der Waals surface area (Å²) in [5, 5.41) is 8.07. The molecule has 2 amide bonds. The van der Waals surface area contributed by atoms with Gasteiger partial charge in [0.2, 0.25) is 5.91 Å². The average Bonchev–Trinajstić information content (AvgIpc) is 2.97. The molecule has 1 aliphatic heterocycles. The third-order valence-corrected chi connectivity index (χ3v) is 6.43. The van der Waals surface area contributed by atoms with E-state index >= 15 is 0 Å². The zero-order valence-corrected chi connectivity index (χ0v) is 19.0. The summed E-state index contributed by atoms with van der Waals surface area (Å²) in [5.74, 6) is 1.07. The van der Waals surface area contributed by atoms with Crippen LogP contribution in [0.25, 0.3) is 5.69 Å². The Balaban J connectivity index is 1.79. The molecule has 0 bridgehead atoms. The van der Waals surface area contributed by atoms with Crippen molar-refractivity contribution in [3.8, 4) is 17.2 Å². The van der Waals surface area contributed by atoms with E-state index in [0.29, 0.717) is 22.3 Å². The van der Waals surface area contributed by atoms with Gasteiger partial charge in [0.1, 0.15) is 5.82 Å². The number of halogens is 1. The number of ether oxygens (including phenoxy) is 2. The van der Waals surface area contributed by atoms with Gasteiger partial charge in [0.15, 0.2) is 18.1 Å². The Hall–Kier alpha value is -3.17. The number of aromatic nitrogens is 2. The SMILES string of the molecule is COc1cc([C@H]2SCC(=O)Nc3c2c(C)nn3-c2cccc(Cl)c2)ccc1OCC(N)=O. The first-order chi connectivity index (χ1) is 15.4. The number of fused-ring (bicyclic) bond motifs is 1. The Morgan fingerprint density at radius 2 is 2.12 bits per heavy atom. The number of methoxy groups -OCH3 is 1. The molecule has 0 spiro atoms. The number of primary amides is 1. The largest absolute Gasteiger partial charge is 0.493 e. The zero-order valence-electron chi connectivity index (χ0n) is 17.4. The Labute approximate surface area is 194 Å². The molecule has 32 heavy (non-hydrogen) atoms. The smallest absolute Gasteiger partial charge is 0.255 e. The molecule has 0 saturated heterocycles. The Kier molecular flexibility index (Phi) is 6.29. The molecular weight excluding hydrogens is 452 g/mol. The van der Waals surface area contributed by atoms with Crippen molar-refractivity contribution in [2.24, 2.45) is 5.73 Å². The van der Waals surface area contributed by atoms with Gasteiger partial charge in [0, 0.05) is 10.6 Å². The molecule has 0 saturated carbocycles. The second kappa shape index (κ2) is 9.13. The van der Waals surface area contributed by atoms with Gasteiger partial charge < -0.3 is 20.5 Å². The first-order valence-corrected chi connectivity index (χ1v) is 11.2. The van der Waals surface area contributed by atoms with Crippen LogP contribution in [0, 0.1) is 6.92 Å². The van der Waals surface area contributed by atoms with Crippen molar-refractivity contribution in [1.82, 2.24) is 9.78 Å². The van der Waals surface area contributed by atoms with Crippen LogP contribution in [0.1, 0.15) is 22.1 Å². The number of aryl methyl sites for hydroxylation is 1. The van der Waals surface area contributed by atoms with Crippen LogP contribution in [0.2, 0.25) is 5.02 Å². The maximum Gasteiger partial charge on any atom is 0.255 e. The van der Waals surface area contributed by atoms with Crippen LogP contribution in [0.3, 0.4) is 0 Å². The minimum atomic E-state index is -0.575. The second-order valence-corrected chi connectivity index (χ2v) is 8.67. The van der Waals surface area contributed by atoms with Crippen molar-refractivity contribution in [2.45, 2.75) is 12.2 Å². The lowest BCUT2D eigenvalue weighted by Crippen LogP contribution is -2.20. The summed E-state index contributed by atoms with van der Waals surface area (Å²) in [6.07, 6.45) is 0. The summed E-state index contributed by atoms with van der Waals surface area (Å²) in [5.41, 5.74) is 8.51. The number of thioether (sulfide) groups is 1. The van der Waals surface area contributed by atoms with Crippen LogP contribution in [0.5, 0.6) is 11.5 Å². The topological polar surface area (TPSA) is 108 Å². The van der Waals surface area contributed by atoms with E-state index in [1.807, 2.05) is 31.2 Å². The number of carbonyl (C=O) groups excluding carboxylic acids is 2. The lowest BCUT2D eigenvalue weighted by atomic mass is 10.0. The lowest BCUT2D eigenvalue weighted by Gasteiger charge is -2.18. The average molecular weight is 473 g/mol.